The number of fused-ring (bicyclic) bond motifs is 2. The van der Waals surface area contributed by atoms with Crippen LogP contribution < -0.4 is 9.64 Å². The van der Waals surface area contributed by atoms with E-state index in [0.717, 1.165) is 73.7 Å². The second-order valence-corrected chi connectivity index (χ2v) is 11.9. The summed E-state index contributed by atoms with van der Waals surface area (Å²) in [5, 5.41) is 0. The molecule has 6 aromatic carbocycles. The molecule has 0 bridgehead atoms. The fourth-order valence-electron chi connectivity index (χ4n) is 5.92. The monoisotopic (exact) mass is 639 g/mol. The summed E-state index contributed by atoms with van der Waals surface area (Å²) in [5.74, 6) is 2.57. The average molecular weight is 640 g/mol. The Labute approximate surface area is 284 Å². The Balaban J connectivity index is 1.13. The number of para-hydroxylation sites is 3. The number of ether oxygens (including phenoxy) is 1. The topological polar surface area (TPSA) is 64.5 Å². The number of benzene rings is 6. The lowest BCUT2D eigenvalue weighted by Crippen LogP contribution is -2.10. The Morgan fingerprint density at radius 1 is 0.633 bits per heavy atom. The Kier molecular flexibility index (Phi) is 7.74. The number of aromatic nitrogens is 2. The number of rotatable bonds is 9. The van der Waals surface area contributed by atoms with Gasteiger partial charge in [-0.05, 0) is 128 Å². The minimum absolute atomic E-state index is 0.587. The number of oxazole rings is 2. The molecule has 238 valence electrons. The third-order valence-corrected chi connectivity index (χ3v) is 8.67. The van der Waals surface area contributed by atoms with Gasteiger partial charge in [-0.15, -0.1) is 0 Å². The van der Waals surface area contributed by atoms with Crippen LogP contribution in [-0.4, -0.2) is 9.97 Å². The van der Waals surface area contributed by atoms with E-state index in [-0.39, 0.29) is 0 Å². The van der Waals surface area contributed by atoms with E-state index in [1.807, 2.05) is 97.9 Å². The lowest BCUT2D eigenvalue weighted by atomic mass is 10.1. The molecule has 0 radical (unpaired) electrons. The first-order valence-corrected chi connectivity index (χ1v) is 16.3. The lowest BCUT2D eigenvalue weighted by molar-refractivity contribution is 0.512. The van der Waals surface area contributed by atoms with Gasteiger partial charge in [-0.25, -0.2) is 9.97 Å². The molecule has 0 N–H and O–H groups in total. The Morgan fingerprint density at radius 3 is 1.80 bits per heavy atom. The Hall–Kier alpha value is -6.40. The molecule has 0 amide bonds. The molecule has 0 aliphatic heterocycles. The van der Waals surface area contributed by atoms with E-state index in [1.54, 1.807) is 0 Å². The summed E-state index contributed by atoms with van der Waals surface area (Å²) in [5.41, 5.74) is 11.2. The van der Waals surface area contributed by atoms with E-state index in [0.29, 0.717) is 17.5 Å². The van der Waals surface area contributed by atoms with Crippen molar-refractivity contribution in [3.8, 4) is 28.7 Å². The van der Waals surface area contributed by atoms with Gasteiger partial charge in [-0.1, -0.05) is 49.9 Å². The van der Waals surface area contributed by atoms with Crippen LogP contribution >= 0.6 is 0 Å². The number of anilines is 3. The van der Waals surface area contributed by atoms with Gasteiger partial charge in [0.05, 0.1) is 0 Å². The number of nitrogens with zero attached hydrogens (tertiary/aromatic N) is 3. The zero-order valence-electron chi connectivity index (χ0n) is 27.3. The van der Waals surface area contributed by atoms with Crippen molar-refractivity contribution in [3.63, 3.8) is 0 Å². The van der Waals surface area contributed by atoms with Crippen LogP contribution in [0.5, 0.6) is 5.75 Å². The van der Waals surface area contributed by atoms with Crippen LogP contribution in [0.15, 0.2) is 155 Å². The van der Waals surface area contributed by atoms with Crippen LogP contribution in [0.1, 0.15) is 23.6 Å². The van der Waals surface area contributed by atoms with Gasteiger partial charge in [0.2, 0.25) is 11.8 Å². The molecule has 6 heteroatoms. The minimum Gasteiger partial charge on any atom is -0.457 e. The fourth-order valence-corrected chi connectivity index (χ4v) is 5.92. The summed E-state index contributed by atoms with van der Waals surface area (Å²) in [6, 6.07) is 46.6. The molecule has 0 aliphatic rings. The largest absolute Gasteiger partial charge is 0.457 e. The summed E-state index contributed by atoms with van der Waals surface area (Å²) in [4.78, 5) is 11.7. The highest BCUT2D eigenvalue weighted by Gasteiger charge is 2.17. The number of hydrogen-bond acceptors (Lipinski definition) is 6. The molecule has 0 aliphatic carbocycles. The summed E-state index contributed by atoms with van der Waals surface area (Å²) in [7, 11) is 0. The van der Waals surface area contributed by atoms with Crippen LogP contribution in [0.25, 0.3) is 50.9 Å². The highest BCUT2D eigenvalue weighted by molar-refractivity contribution is 5.82. The molecular formula is C43H33N3O3. The summed E-state index contributed by atoms with van der Waals surface area (Å²) in [6.07, 6.45) is 0.952. The molecular weight excluding hydrogens is 606 g/mol. The SMILES string of the molecule is C=C(Oc1ccccc1C)c1ccc(N(c2ccc(-c3nc4ccccc4o3)cc2)c2ccc(-c3nc4cc(CC)ccc4o3)cc2)cc1. The molecule has 8 rings (SSSR count). The van der Waals surface area contributed by atoms with Crippen molar-refractivity contribution >= 4 is 45.0 Å². The maximum atomic E-state index is 6.13. The standard InChI is InChI=1S/C43H33N3O3/c1-4-30-13-26-41-38(27-30)45-43(49-41)33-18-24-36(25-19-33)46(34-20-14-31(15-21-34)29(3)47-39-11-7-5-9-28(39)2)35-22-16-32(17-23-35)42-44-37-10-6-8-12-40(37)48-42/h5-27H,3-4H2,1-2H3. The molecule has 0 atom stereocenters. The normalized spacial score (nSPS) is 11.2. The molecule has 2 heterocycles. The summed E-state index contributed by atoms with van der Waals surface area (Å²) >= 11 is 0. The van der Waals surface area contributed by atoms with Gasteiger partial charge < -0.3 is 18.5 Å². The molecule has 0 unspecified atom stereocenters. The van der Waals surface area contributed by atoms with E-state index in [2.05, 4.69) is 71.9 Å². The number of aryl methyl sites for hydroxylation is 2. The first-order chi connectivity index (χ1) is 24.0. The van der Waals surface area contributed by atoms with Gasteiger partial charge in [-0.3, -0.25) is 0 Å². The van der Waals surface area contributed by atoms with E-state index >= 15 is 0 Å². The molecule has 6 nitrogen and oxygen atoms in total. The van der Waals surface area contributed by atoms with E-state index in [1.165, 1.54) is 5.56 Å². The highest BCUT2D eigenvalue weighted by atomic mass is 16.5. The Bertz CT molecular complexity index is 2390. The van der Waals surface area contributed by atoms with Crippen molar-refractivity contribution in [2.24, 2.45) is 0 Å². The predicted molar refractivity (Wildman–Crippen MR) is 197 cm³/mol. The van der Waals surface area contributed by atoms with Crippen molar-refractivity contribution in [2.45, 2.75) is 20.3 Å². The van der Waals surface area contributed by atoms with Crippen LogP contribution in [0, 0.1) is 6.92 Å². The van der Waals surface area contributed by atoms with Crippen molar-refractivity contribution in [3.05, 3.63) is 163 Å². The van der Waals surface area contributed by atoms with Gasteiger partial charge in [0, 0.05) is 33.8 Å². The third-order valence-electron chi connectivity index (χ3n) is 8.67. The Morgan fingerprint density at radius 2 is 1.18 bits per heavy atom. The van der Waals surface area contributed by atoms with Crippen molar-refractivity contribution in [2.75, 3.05) is 4.90 Å². The third kappa shape index (κ3) is 5.96. The second-order valence-electron chi connectivity index (χ2n) is 11.9. The van der Waals surface area contributed by atoms with Crippen LogP contribution in [0.3, 0.4) is 0 Å². The summed E-state index contributed by atoms with van der Waals surface area (Å²) in [6.45, 7) is 8.37. The van der Waals surface area contributed by atoms with E-state index in [9.17, 15) is 0 Å². The zero-order chi connectivity index (χ0) is 33.3. The average Bonchev–Trinajstić information content (AvgIpc) is 3.78. The number of hydrogen-bond donors (Lipinski definition) is 0. The second kappa shape index (κ2) is 12.7. The van der Waals surface area contributed by atoms with Crippen LogP contribution in [0.4, 0.5) is 17.1 Å². The van der Waals surface area contributed by atoms with Crippen molar-refractivity contribution < 1.29 is 13.6 Å². The highest BCUT2D eigenvalue weighted by Crippen LogP contribution is 2.38. The molecule has 0 saturated heterocycles. The van der Waals surface area contributed by atoms with Gasteiger partial charge in [0.15, 0.2) is 11.2 Å². The van der Waals surface area contributed by atoms with E-state index < -0.39 is 0 Å². The first kappa shape index (κ1) is 30.0. The molecule has 8 aromatic rings. The smallest absolute Gasteiger partial charge is 0.227 e. The summed E-state index contributed by atoms with van der Waals surface area (Å²) < 4.78 is 18.3. The van der Waals surface area contributed by atoms with Gasteiger partial charge in [0.25, 0.3) is 0 Å². The van der Waals surface area contributed by atoms with Crippen molar-refractivity contribution in [1.82, 2.24) is 9.97 Å². The molecule has 0 spiro atoms. The van der Waals surface area contributed by atoms with Gasteiger partial charge >= 0.3 is 0 Å². The zero-order valence-corrected chi connectivity index (χ0v) is 27.3. The predicted octanol–water partition coefficient (Wildman–Crippen LogP) is 11.7. The molecule has 0 fully saturated rings. The maximum absolute atomic E-state index is 6.13. The van der Waals surface area contributed by atoms with Crippen LogP contribution in [0.2, 0.25) is 0 Å². The first-order valence-electron chi connectivity index (χ1n) is 16.3. The van der Waals surface area contributed by atoms with Crippen molar-refractivity contribution in [1.29, 1.82) is 0 Å². The van der Waals surface area contributed by atoms with E-state index in [4.69, 9.17) is 18.6 Å². The quantitative estimate of drug-likeness (QED) is 0.146. The van der Waals surface area contributed by atoms with Gasteiger partial charge in [0.1, 0.15) is 22.5 Å². The molecule has 49 heavy (non-hydrogen) atoms. The maximum Gasteiger partial charge on any atom is 0.227 e. The van der Waals surface area contributed by atoms with Gasteiger partial charge in [-0.2, -0.15) is 0 Å². The lowest BCUT2D eigenvalue weighted by Gasteiger charge is -2.26. The molecule has 2 aromatic heterocycles. The minimum atomic E-state index is 0.587. The molecule has 0 saturated carbocycles. The van der Waals surface area contributed by atoms with Crippen LogP contribution in [-0.2, 0) is 6.42 Å². The fraction of sp³-hybridized carbons (Fsp3) is 0.0698.